The first-order valence-electron chi connectivity index (χ1n) is 21.8. The molecule has 0 aliphatic rings. The minimum Gasteiger partial charge on any atom is -0.0654 e. The summed E-state index contributed by atoms with van der Waals surface area (Å²) >= 11 is 0. The van der Waals surface area contributed by atoms with E-state index in [0.717, 1.165) is 35.5 Å². The van der Waals surface area contributed by atoms with E-state index in [0.29, 0.717) is 10.8 Å². The van der Waals surface area contributed by atoms with Crippen molar-refractivity contribution in [1.82, 2.24) is 0 Å². The predicted octanol–water partition coefficient (Wildman–Crippen LogP) is 19.5. The van der Waals surface area contributed by atoms with Crippen molar-refractivity contribution < 1.29 is 0 Å². The highest BCUT2D eigenvalue weighted by molar-refractivity contribution is 4.56. The third-order valence-corrected chi connectivity index (χ3v) is 8.93. The van der Waals surface area contributed by atoms with Crippen molar-refractivity contribution >= 4 is 0 Å². The SMILES string of the molecule is CC(C)C(C)C.CCC(C)(C)C.CCC(C)(C)C.CCC(C)CC.CCC(C)CC.CCCC(C)C.CCCC(C)C.CCCCCC. The van der Waals surface area contributed by atoms with E-state index in [9.17, 15) is 0 Å². The highest BCUT2D eigenvalue weighted by atomic mass is 14.1. The second-order valence-corrected chi connectivity index (χ2v) is 18.2. The Kier molecular flexibility index (Phi) is 70.9. The second kappa shape index (κ2) is 51.4. The summed E-state index contributed by atoms with van der Waals surface area (Å²) in [6.45, 7) is 58.2. The summed E-state index contributed by atoms with van der Waals surface area (Å²) in [4.78, 5) is 0. The first kappa shape index (κ1) is 66.3. The van der Waals surface area contributed by atoms with Crippen molar-refractivity contribution in [2.24, 2.45) is 46.3 Å². The van der Waals surface area contributed by atoms with Crippen LogP contribution in [0.15, 0.2) is 0 Å². The molecular formula is C48H112. The molecule has 0 saturated carbocycles. The normalized spacial score (nSPS) is 10.5. The van der Waals surface area contributed by atoms with Gasteiger partial charge in [0.2, 0.25) is 0 Å². The molecule has 0 aromatic rings. The maximum atomic E-state index is 2.28. The second-order valence-electron chi connectivity index (χ2n) is 18.2. The summed E-state index contributed by atoms with van der Waals surface area (Å²) in [6, 6.07) is 0. The molecule has 0 N–H and O–H groups in total. The fourth-order valence-corrected chi connectivity index (χ4v) is 2.23. The van der Waals surface area contributed by atoms with Crippen molar-refractivity contribution in [3.63, 3.8) is 0 Å². The average Bonchev–Trinajstić information content (AvgIpc) is 3.00. The Morgan fingerprint density at radius 2 is 0.521 bits per heavy atom. The van der Waals surface area contributed by atoms with Crippen LogP contribution in [0.25, 0.3) is 0 Å². The Balaban J connectivity index is -0.0000000635. The van der Waals surface area contributed by atoms with E-state index in [1.807, 2.05) is 0 Å². The van der Waals surface area contributed by atoms with Crippen LogP contribution in [-0.2, 0) is 0 Å². The van der Waals surface area contributed by atoms with Crippen molar-refractivity contribution in [2.75, 3.05) is 0 Å². The minimum atomic E-state index is 0.542. The van der Waals surface area contributed by atoms with Crippen LogP contribution in [-0.4, -0.2) is 0 Å². The molecule has 0 heterocycles. The highest BCUT2D eigenvalue weighted by Crippen LogP contribution is 2.16. The van der Waals surface area contributed by atoms with Gasteiger partial charge in [-0.3, -0.25) is 0 Å². The summed E-state index contributed by atoms with van der Waals surface area (Å²) in [5.41, 5.74) is 1.08. The lowest BCUT2D eigenvalue weighted by molar-refractivity contribution is 0.397. The van der Waals surface area contributed by atoms with Gasteiger partial charge < -0.3 is 0 Å². The zero-order valence-corrected chi connectivity index (χ0v) is 40.4. The molecule has 0 aromatic carbocycles. The number of hydrogen-bond donors (Lipinski definition) is 0. The third kappa shape index (κ3) is 128. The molecule has 0 rings (SSSR count). The zero-order chi connectivity index (χ0) is 40.4. The monoisotopic (exact) mass is 689 g/mol. The van der Waals surface area contributed by atoms with Crippen LogP contribution in [0.2, 0.25) is 0 Å². The van der Waals surface area contributed by atoms with Gasteiger partial charge in [0.05, 0.1) is 0 Å². The van der Waals surface area contributed by atoms with Gasteiger partial charge in [-0.2, -0.15) is 0 Å². The van der Waals surface area contributed by atoms with Crippen LogP contribution in [0.5, 0.6) is 0 Å². The van der Waals surface area contributed by atoms with E-state index in [1.165, 1.54) is 89.9 Å². The summed E-state index contributed by atoms with van der Waals surface area (Å²) in [5, 5.41) is 0. The molecule has 48 heavy (non-hydrogen) atoms. The molecule has 0 radical (unpaired) electrons. The first-order valence-corrected chi connectivity index (χ1v) is 21.8. The Bertz CT molecular complexity index is 401. The summed E-state index contributed by atoms with van der Waals surface area (Å²) in [7, 11) is 0. The third-order valence-electron chi connectivity index (χ3n) is 8.93. The van der Waals surface area contributed by atoms with Crippen LogP contribution < -0.4 is 0 Å². The fourth-order valence-electron chi connectivity index (χ4n) is 2.23. The average molecular weight is 689 g/mol. The summed E-state index contributed by atoms with van der Waals surface area (Å²) < 4.78 is 0. The van der Waals surface area contributed by atoms with Gasteiger partial charge in [0.25, 0.3) is 0 Å². The van der Waals surface area contributed by atoms with Gasteiger partial charge in [-0.25, -0.2) is 0 Å². The molecule has 0 bridgehead atoms. The topological polar surface area (TPSA) is 0 Å². The molecule has 0 nitrogen and oxygen atoms in total. The van der Waals surface area contributed by atoms with Gasteiger partial charge in [0.1, 0.15) is 0 Å². The number of rotatable bonds is 12. The lowest BCUT2D eigenvalue weighted by atomic mass is 9.94. The molecule has 0 aliphatic heterocycles. The van der Waals surface area contributed by atoms with Crippen LogP contribution in [0.3, 0.4) is 0 Å². The van der Waals surface area contributed by atoms with Crippen LogP contribution in [0.4, 0.5) is 0 Å². The maximum Gasteiger partial charge on any atom is -0.0385 e. The van der Waals surface area contributed by atoms with Gasteiger partial charge in [-0.1, -0.05) is 270 Å². The van der Waals surface area contributed by atoms with Crippen LogP contribution in [0.1, 0.15) is 270 Å². The molecule has 0 aliphatic carbocycles. The minimum absolute atomic E-state index is 0.542. The van der Waals surface area contributed by atoms with Gasteiger partial charge in [-0.15, -0.1) is 0 Å². The molecular weight excluding hydrogens is 577 g/mol. The molecule has 0 atom stereocenters. The molecule has 0 amide bonds. The van der Waals surface area contributed by atoms with E-state index in [-0.39, 0.29) is 0 Å². The first-order chi connectivity index (χ1) is 21.8. The van der Waals surface area contributed by atoms with Crippen LogP contribution >= 0.6 is 0 Å². The molecule has 0 fully saturated rings. The Labute approximate surface area is 315 Å². The molecule has 0 aromatic heterocycles. The standard InChI is InChI=1S/8C6H14/c2*1-5-6(2,3)4;1-5(2)6(3)4;2*1-4-5-6(2)3;2*1-4-6(3)5-2;1-3-5-6-4-2/h2*5H2,1-4H3;5-6H,1-4H3;4*6H,4-5H2,1-3H3;3-6H2,1-2H3. The summed E-state index contributed by atoms with van der Waals surface area (Å²) in [5.74, 6) is 5.37. The highest BCUT2D eigenvalue weighted by Gasteiger charge is 2.04. The maximum absolute atomic E-state index is 2.28. The molecule has 304 valence electrons. The van der Waals surface area contributed by atoms with E-state index in [2.05, 4.69) is 180 Å². The van der Waals surface area contributed by atoms with Crippen molar-refractivity contribution in [2.45, 2.75) is 270 Å². The summed E-state index contributed by atoms with van der Waals surface area (Å²) in [6.07, 6.45) is 18.8. The van der Waals surface area contributed by atoms with E-state index in [1.54, 1.807) is 0 Å². The number of hydrogen-bond acceptors (Lipinski definition) is 0. The quantitative estimate of drug-likeness (QED) is 0.179. The Morgan fingerprint density at radius 3 is 0.542 bits per heavy atom. The molecule has 0 heteroatoms. The zero-order valence-electron chi connectivity index (χ0n) is 40.4. The Hall–Kier alpha value is 0. The molecule has 0 unspecified atom stereocenters. The van der Waals surface area contributed by atoms with E-state index in [4.69, 9.17) is 0 Å². The number of unbranched alkanes of at least 4 members (excludes halogenated alkanes) is 3. The molecule has 0 spiro atoms. The Morgan fingerprint density at radius 1 is 0.333 bits per heavy atom. The van der Waals surface area contributed by atoms with Gasteiger partial charge >= 0.3 is 0 Å². The fraction of sp³-hybridized carbons (Fsp3) is 1.00. The predicted molar refractivity (Wildman–Crippen MR) is 238 cm³/mol. The van der Waals surface area contributed by atoms with E-state index < -0.39 is 0 Å². The van der Waals surface area contributed by atoms with Crippen molar-refractivity contribution in [1.29, 1.82) is 0 Å². The van der Waals surface area contributed by atoms with Gasteiger partial charge in [0.15, 0.2) is 0 Å². The largest absolute Gasteiger partial charge is 0.0654 e. The molecule has 0 saturated heterocycles. The lowest BCUT2D eigenvalue weighted by Gasteiger charge is -2.12. The lowest BCUT2D eigenvalue weighted by Crippen LogP contribution is -2.00. The van der Waals surface area contributed by atoms with Gasteiger partial charge in [0, 0.05) is 0 Å². The van der Waals surface area contributed by atoms with Crippen molar-refractivity contribution in [3.8, 4) is 0 Å². The van der Waals surface area contributed by atoms with Gasteiger partial charge in [-0.05, 0) is 46.3 Å². The van der Waals surface area contributed by atoms with Crippen LogP contribution in [0, 0.1) is 46.3 Å². The van der Waals surface area contributed by atoms with E-state index >= 15 is 0 Å². The smallest absolute Gasteiger partial charge is 0.0385 e. The van der Waals surface area contributed by atoms with Crippen molar-refractivity contribution in [3.05, 3.63) is 0 Å².